The lowest BCUT2D eigenvalue weighted by Crippen LogP contribution is -2.14. The zero-order valence-corrected chi connectivity index (χ0v) is 14.2. The van der Waals surface area contributed by atoms with Gasteiger partial charge in [0.05, 0.1) is 10.7 Å². The van der Waals surface area contributed by atoms with Crippen molar-refractivity contribution in [3.05, 3.63) is 28.3 Å². The van der Waals surface area contributed by atoms with Gasteiger partial charge in [-0.25, -0.2) is 9.97 Å². The topological polar surface area (TPSA) is 53.9 Å². The van der Waals surface area contributed by atoms with Gasteiger partial charge >= 0.3 is 0 Å². The van der Waals surface area contributed by atoms with E-state index in [1.54, 1.807) is 17.5 Å². The van der Waals surface area contributed by atoms with Crippen LogP contribution in [0.15, 0.2) is 17.6 Å². The monoisotopic (exact) mass is 305 g/mol. The van der Waals surface area contributed by atoms with E-state index < -0.39 is 0 Å². The molecule has 0 atom stereocenters. The molecule has 0 fully saturated rings. The van der Waals surface area contributed by atoms with Crippen LogP contribution in [0, 0.1) is 0 Å². The van der Waals surface area contributed by atoms with Crippen LogP contribution in [0.4, 0.5) is 11.8 Å². The lowest BCUT2D eigenvalue weighted by Gasteiger charge is -2.13. The van der Waals surface area contributed by atoms with Gasteiger partial charge in [0.1, 0.15) is 5.82 Å². The molecule has 0 spiro atoms. The Labute approximate surface area is 130 Å². The molecule has 0 aliphatic rings. The Balaban J connectivity index is 1.90. The molecule has 1 N–H and O–H groups in total. The molecule has 0 aromatic carbocycles. The van der Waals surface area contributed by atoms with E-state index in [4.69, 9.17) is 0 Å². The highest BCUT2D eigenvalue weighted by Crippen LogP contribution is 2.25. The second-order valence-corrected chi connectivity index (χ2v) is 7.06. The first-order valence-electron chi connectivity index (χ1n) is 7.05. The number of nitrogens with zero attached hydrogens (tertiary/aromatic N) is 4. The predicted molar refractivity (Wildman–Crippen MR) is 89.4 cm³/mol. The minimum absolute atomic E-state index is 0.125. The minimum Gasteiger partial charge on any atom is -0.363 e. The number of hydrogen-bond acceptors (Lipinski definition) is 6. The third kappa shape index (κ3) is 4.39. The first-order valence-corrected chi connectivity index (χ1v) is 7.93. The van der Waals surface area contributed by atoms with E-state index in [1.165, 1.54) is 5.01 Å². The summed E-state index contributed by atoms with van der Waals surface area (Å²) in [5.41, 5.74) is 1.25. The van der Waals surface area contributed by atoms with E-state index >= 15 is 0 Å². The maximum Gasteiger partial charge on any atom is 0.224 e. The smallest absolute Gasteiger partial charge is 0.224 e. The number of rotatable bonds is 5. The van der Waals surface area contributed by atoms with E-state index in [0.717, 1.165) is 24.5 Å². The summed E-state index contributed by atoms with van der Waals surface area (Å²) in [4.78, 5) is 15.3. The fourth-order valence-electron chi connectivity index (χ4n) is 1.75. The summed E-state index contributed by atoms with van der Waals surface area (Å²) in [5, 5.41) is 6.57. The molecule has 0 radical (unpaired) electrons. The average Bonchev–Trinajstić information content (AvgIpc) is 2.88. The highest BCUT2D eigenvalue weighted by atomic mass is 32.1. The summed E-state index contributed by atoms with van der Waals surface area (Å²) in [6.45, 7) is 7.35. The molecule has 0 aliphatic heterocycles. The average molecular weight is 305 g/mol. The molecule has 0 aliphatic carbocycles. The lowest BCUT2D eigenvalue weighted by molar-refractivity contribution is 0.583. The SMILES string of the molecule is CN(C)c1ccnc(NCCc2csc(C(C)(C)C)n2)n1. The van der Waals surface area contributed by atoms with Crippen molar-refractivity contribution < 1.29 is 0 Å². The normalized spacial score (nSPS) is 11.5. The van der Waals surface area contributed by atoms with Gasteiger partial charge in [-0.1, -0.05) is 20.8 Å². The van der Waals surface area contributed by atoms with Crippen molar-refractivity contribution in [2.24, 2.45) is 0 Å². The van der Waals surface area contributed by atoms with Gasteiger partial charge in [0.15, 0.2) is 0 Å². The van der Waals surface area contributed by atoms with Crippen molar-refractivity contribution >= 4 is 23.1 Å². The van der Waals surface area contributed by atoms with Gasteiger partial charge in [0.2, 0.25) is 5.95 Å². The van der Waals surface area contributed by atoms with Gasteiger partial charge in [-0.15, -0.1) is 11.3 Å². The molecule has 21 heavy (non-hydrogen) atoms. The molecule has 114 valence electrons. The summed E-state index contributed by atoms with van der Waals surface area (Å²) in [6.07, 6.45) is 2.65. The van der Waals surface area contributed by atoms with Gasteiger partial charge in [0.25, 0.3) is 0 Å². The fourth-order valence-corrected chi connectivity index (χ4v) is 2.69. The quantitative estimate of drug-likeness (QED) is 0.920. The Kier molecular flexibility index (Phi) is 4.77. The van der Waals surface area contributed by atoms with Gasteiger partial charge < -0.3 is 10.2 Å². The van der Waals surface area contributed by atoms with Crippen molar-refractivity contribution in [1.29, 1.82) is 0 Å². The second-order valence-electron chi connectivity index (χ2n) is 6.20. The molecule has 2 heterocycles. The Morgan fingerprint density at radius 3 is 2.62 bits per heavy atom. The number of hydrogen-bond donors (Lipinski definition) is 1. The van der Waals surface area contributed by atoms with Crippen LogP contribution in [0.3, 0.4) is 0 Å². The van der Waals surface area contributed by atoms with E-state index in [-0.39, 0.29) is 5.41 Å². The Morgan fingerprint density at radius 1 is 1.24 bits per heavy atom. The third-order valence-corrected chi connectivity index (χ3v) is 4.27. The second kappa shape index (κ2) is 6.39. The molecule has 0 bridgehead atoms. The number of aromatic nitrogens is 3. The van der Waals surface area contributed by atoms with Gasteiger partial charge in [0, 0.05) is 44.1 Å². The van der Waals surface area contributed by atoms with E-state index in [0.29, 0.717) is 5.95 Å². The molecular weight excluding hydrogens is 282 g/mol. The van der Waals surface area contributed by atoms with Gasteiger partial charge in [-0.3, -0.25) is 0 Å². The van der Waals surface area contributed by atoms with Crippen molar-refractivity contribution in [2.75, 3.05) is 30.9 Å². The largest absolute Gasteiger partial charge is 0.363 e. The molecule has 2 aromatic rings. The molecule has 6 heteroatoms. The zero-order chi connectivity index (χ0) is 15.5. The van der Waals surface area contributed by atoms with E-state index in [9.17, 15) is 0 Å². The van der Waals surface area contributed by atoms with Gasteiger partial charge in [-0.2, -0.15) is 4.98 Å². The lowest BCUT2D eigenvalue weighted by atomic mass is 9.98. The summed E-state index contributed by atoms with van der Waals surface area (Å²) >= 11 is 1.73. The Morgan fingerprint density at radius 2 is 2.00 bits per heavy atom. The maximum absolute atomic E-state index is 4.69. The molecule has 0 saturated heterocycles. The van der Waals surface area contributed by atoms with Crippen LogP contribution < -0.4 is 10.2 Å². The molecule has 0 unspecified atom stereocenters. The van der Waals surface area contributed by atoms with E-state index in [2.05, 4.69) is 46.4 Å². The summed E-state index contributed by atoms with van der Waals surface area (Å²) < 4.78 is 0. The Bertz CT molecular complexity index is 586. The van der Waals surface area contributed by atoms with Crippen molar-refractivity contribution in [2.45, 2.75) is 32.6 Å². The number of nitrogens with one attached hydrogen (secondary N) is 1. The molecule has 5 nitrogen and oxygen atoms in total. The fraction of sp³-hybridized carbons (Fsp3) is 0.533. The zero-order valence-electron chi connectivity index (χ0n) is 13.3. The highest BCUT2D eigenvalue weighted by molar-refractivity contribution is 7.09. The van der Waals surface area contributed by atoms with Crippen LogP contribution in [-0.2, 0) is 11.8 Å². The van der Waals surface area contributed by atoms with Crippen LogP contribution in [0.25, 0.3) is 0 Å². The Hall–Kier alpha value is -1.69. The van der Waals surface area contributed by atoms with Crippen LogP contribution in [0.1, 0.15) is 31.5 Å². The molecule has 0 saturated carbocycles. The molecule has 0 amide bonds. The highest BCUT2D eigenvalue weighted by Gasteiger charge is 2.17. The first-order chi connectivity index (χ1) is 9.86. The number of anilines is 2. The molecule has 2 rings (SSSR count). The molecule has 2 aromatic heterocycles. The van der Waals surface area contributed by atoms with Crippen LogP contribution >= 0.6 is 11.3 Å². The van der Waals surface area contributed by atoms with Gasteiger partial charge in [-0.05, 0) is 6.07 Å². The first kappa shape index (κ1) is 15.7. The summed E-state index contributed by atoms with van der Waals surface area (Å²) in [7, 11) is 3.94. The number of thiazole rings is 1. The minimum atomic E-state index is 0.125. The maximum atomic E-state index is 4.69. The summed E-state index contributed by atoms with van der Waals surface area (Å²) in [6, 6.07) is 1.89. The third-order valence-electron chi connectivity index (χ3n) is 2.96. The van der Waals surface area contributed by atoms with Crippen molar-refractivity contribution in [3.63, 3.8) is 0 Å². The standard InChI is InChI=1S/C15H23N5S/c1-15(2,3)13-18-11(10-21-13)6-8-16-14-17-9-7-12(19-14)20(4)5/h7,9-10H,6,8H2,1-5H3,(H,16,17,19). The van der Waals surface area contributed by atoms with Crippen LogP contribution in [0.5, 0.6) is 0 Å². The van der Waals surface area contributed by atoms with E-state index in [1.807, 2.05) is 25.1 Å². The van der Waals surface area contributed by atoms with Crippen LogP contribution in [-0.4, -0.2) is 35.6 Å². The predicted octanol–water partition coefficient (Wildman–Crippen LogP) is 2.95. The van der Waals surface area contributed by atoms with Crippen LogP contribution in [0.2, 0.25) is 0 Å². The van der Waals surface area contributed by atoms with Crippen molar-refractivity contribution in [3.8, 4) is 0 Å². The summed E-state index contributed by atoms with van der Waals surface area (Å²) in [5.74, 6) is 1.56. The molecular formula is C15H23N5S. The van der Waals surface area contributed by atoms with Crippen molar-refractivity contribution in [1.82, 2.24) is 15.0 Å².